The van der Waals surface area contributed by atoms with Crippen LogP contribution in [-0.4, -0.2) is 54.5 Å². The third-order valence-corrected chi connectivity index (χ3v) is 6.57. The predicted octanol–water partition coefficient (Wildman–Crippen LogP) is 4.53. The number of rotatable bonds is 9. The average molecular weight is 464 g/mol. The second-order valence-corrected chi connectivity index (χ2v) is 8.83. The molecule has 0 unspecified atom stereocenters. The monoisotopic (exact) mass is 463 g/mol. The number of amides is 2. The zero-order chi connectivity index (χ0) is 23.9. The Kier molecular flexibility index (Phi) is 7.95. The molecule has 3 aromatic rings. The molecule has 1 fully saturated rings. The molecule has 2 amide bonds. The van der Waals surface area contributed by atoms with Crippen LogP contribution < -0.4 is 5.32 Å². The van der Waals surface area contributed by atoms with Crippen LogP contribution in [0.3, 0.4) is 0 Å². The summed E-state index contributed by atoms with van der Waals surface area (Å²) >= 11 is 0. The molecular weight excluding hydrogens is 430 g/mol. The maximum Gasteiger partial charge on any atom is 0.253 e. The summed E-state index contributed by atoms with van der Waals surface area (Å²) in [5.74, 6) is 0.843. The van der Waals surface area contributed by atoms with Gasteiger partial charge < -0.3 is 19.4 Å². The Bertz CT molecular complexity index is 1100. The number of nitrogens with one attached hydrogen (secondary N) is 1. The summed E-state index contributed by atoms with van der Waals surface area (Å²) in [6.45, 7) is 7.25. The van der Waals surface area contributed by atoms with E-state index in [4.69, 9.17) is 9.15 Å². The largest absolute Gasteiger partial charge is 0.436 e. The van der Waals surface area contributed by atoms with Gasteiger partial charge >= 0.3 is 0 Å². The van der Waals surface area contributed by atoms with Gasteiger partial charge in [0.25, 0.3) is 5.91 Å². The van der Waals surface area contributed by atoms with Crippen molar-refractivity contribution in [2.45, 2.75) is 33.1 Å². The minimum absolute atomic E-state index is 0.00830. The Morgan fingerprint density at radius 3 is 2.68 bits per heavy atom. The van der Waals surface area contributed by atoms with Gasteiger partial charge in [-0.3, -0.25) is 9.59 Å². The summed E-state index contributed by atoms with van der Waals surface area (Å²) in [6, 6.07) is 15.2. The average Bonchev–Trinajstić information content (AvgIpc) is 3.32. The lowest BCUT2D eigenvalue weighted by atomic mass is 9.84. The lowest BCUT2D eigenvalue weighted by Gasteiger charge is -2.34. The lowest BCUT2D eigenvalue weighted by Crippen LogP contribution is -2.42. The lowest BCUT2D eigenvalue weighted by molar-refractivity contribution is -0.126. The molecule has 180 valence electrons. The number of hydrogen-bond donors (Lipinski definition) is 1. The number of aromatic nitrogens is 1. The van der Waals surface area contributed by atoms with E-state index in [-0.39, 0.29) is 23.7 Å². The zero-order valence-corrected chi connectivity index (χ0v) is 20.0. The zero-order valence-electron chi connectivity index (χ0n) is 20.0. The third-order valence-electron chi connectivity index (χ3n) is 6.57. The van der Waals surface area contributed by atoms with E-state index in [1.54, 1.807) is 6.07 Å². The van der Waals surface area contributed by atoms with Crippen molar-refractivity contribution in [3.63, 3.8) is 0 Å². The first-order valence-corrected chi connectivity index (χ1v) is 12.2. The molecule has 4 rings (SSSR count). The summed E-state index contributed by atoms with van der Waals surface area (Å²) in [5.41, 5.74) is 2.84. The molecule has 1 aliphatic heterocycles. The summed E-state index contributed by atoms with van der Waals surface area (Å²) < 4.78 is 11.2. The molecule has 0 spiro atoms. The number of carbonyl (C=O) groups is 2. The standard InChI is InChI=1S/C27H33N3O4/c1-3-33-17-7-14-28-25(31)19(2)20-12-15-30(16-13-20)27(32)22-10-11-23-24(18-22)34-26(29-23)21-8-5-4-6-9-21/h4-6,8-11,18-20H,3,7,12-17H2,1-2H3,(H,28,31)/t19-/m0/s1. The van der Waals surface area contributed by atoms with E-state index >= 15 is 0 Å². The van der Waals surface area contributed by atoms with Gasteiger partial charge in [0.2, 0.25) is 11.8 Å². The molecule has 7 heteroatoms. The Balaban J connectivity index is 1.32. The Labute approximate surface area is 200 Å². The molecule has 0 aliphatic carbocycles. The number of piperidine rings is 1. The first-order chi connectivity index (χ1) is 16.6. The number of hydrogen-bond acceptors (Lipinski definition) is 5. The van der Waals surface area contributed by atoms with Crippen molar-refractivity contribution in [3.8, 4) is 11.5 Å². The molecule has 34 heavy (non-hydrogen) atoms. The van der Waals surface area contributed by atoms with Crippen LogP contribution in [0.4, 0.5) is 0 Å². The second kappa shape index (κ2) is 11.3. The van der Waals surface area contributed by atoms with Crippen molar-refractivity contribution >= 4 is 22.9 Å². The van der Waals surface area contributed by atoms with Gasteiger partial charge in [-0.25, -0.2) is 4.98 Å². The summed E-state index contributed by atoms with van der Waals surface area (Å²) in [7, 11) is 0. The molecule has 7 nitrogen and oxygen atoms in total. The quantitative estimate of drug-likeness (QED) is 0.472. The first-order valence-electron chi connectivity index (χ1n) is 12.2. The highest BCUT2D eigenvalue weighted by molar-refractivity contribution is 5.97. The van der Waals surface area contributed by atoms with E-state index in [2.05, 4.69) is 10.3 Å². The molecule has 0 bridgehead atoms. The van der Waals surface area contributed by atoms with Crippen LogP contribution in [-0.2, 0) is 9.53 Å². The number of benzene rings is 2. The molecule has 1 saturated heterocycles. The van der Waals surface area contributed by atoms with Gasteiger partial charge in [0.15, 0.2) is 5.58 Å². The maximum absolute atomic E-state index is 13.1. The van der Waals surface area contributed by atoms with E-state index in [9.17, 15) is 9.59 Å². The number of ether oxygens (including phenoxy) is 1. The van der Waals surface area contributed by atoms with Gasteiger partial charge in [-0.05, 0) is 62.4 Å². The smallest absolute Gasteiger partial charge is 0.253 e. The maximum atomic E-state index is 13.1. The second-order valence-electron chi connectivity index (χ2n) is 8.83. The molecule has 1 aliphatic rings. The van der Waals surface area contributed by atoms with Crippen molar-refractivity contribution in [2.24, 2.45) is 11.8 Å². The molecule has 0 saturated carbocycles. The van der Waals surface area contributed by atoms with Gasteiger partial charge in [0.05, 0.1) is 0 Å². The fraction of sp³-hybridized carbons (Fsp3) is 0.444. The van der Waals surface area contributed by atoms with Crippen molar-refractivity contribution in [2.75, 3.05) is 32.8 Å². The predicted molar refractivity (Wildman–Crippen MR) is 131 cm³/mol. The molecule has 1 aromatic heterocycles. The highest BCUT2D eigenvalue weighted by Gasteiger charge is 2.30. The fourth-order valence-electron chi connectivity index (χ4n) is 4.45. The van der Waals surface area contributed by atoms with Crippen LogP contribution in [0.5, 0.6) is 0 Å². The highest BCUT2D eigenvalue weighted by Crippen LogP contribution is 2.28. The van der Waals surface area contributed by atoms with Crippen LogP contribution >= 0.6 is 0 Å². The number of fused-ring (bicyclic) bond motifs is 1. The summed E-state index contributed by atoms with van der Waals surface area (Å²) in [4.78, 5) is 32.0. The minimum atomic E-state index is -0.0636. The summed E-state index contributed by atoms with van der Waals surface area (Å²) in [5, 5.41) is 3.01. The summed E-state index contributed by atoms with van der Waals surface area (Å²) in [6.07, 6.45) is 2.46. The molecule has 1 N–H and O–H groups in total. The van der Waals surface area contributed by atoms with Crippen molar-refractivity contribution in [3.05, 3.63) is 54.1 Å². The topological polar surface area (TPSA) is 84.7 Å². The van der Waals surface area contributed by atoms with E-state index in [1.807, 2.05) is 61.2 Å². The normalized spacial score (nSPS) is 15.4. The van der Waals surface area contributed by atoms with Crippen molar-refractivity contribution in [1.29, 1.82) is 0 Å². The Morgan fingerprint density at radius 2 is 1.94 bits per heavy atom. The van der Waals surface area contributed by atoms with Gasteiger partial charge in [0, 0.05) is 49.9 Å². The van der Waals surface area contributed by atoms with E-state index in [0.29, 0.717) is 49.9 Å². The fourth-order valence-corrected chi connectivity index (χ4v) is 4.45. The molecular formula is C27H33N3O4. The van der Waals surface area contributed by atoms with Crippen LogP contribution in [0.2, 0.25) is 0 Å². The Morgan fingerprint density at radius 1 is 1.18 bits per heavy atom. The SMILES string of the molecule is CCOCCCNC(=O)[C@@H](C)C1CCN(C(=O)c2ccc3nc(-c4ccccc4)oc3c2)CC1. The Hall–Kier alpha value is -3.19. The molecule has 2 aromatic carbocycles. The van der Waals surface area contributed by atoms with Gasteiger partial charge in [-0.1, -0.05) is 25.1 Å². The first kappa shape index (κ1) is 24.0. The van der Waals surface area contributed by atoms with E-state index in [0.717, 1.165) is 30.3 Å². The van der Waals surface area contributed by atoms with Crippen LogP contribution in [0, 0.1) is 11.8 Å². The number of nitrogens with zero attached hydrogens (tertiary/aromatic N) is 2. The van der Waals surface area contributed by atoms with E-state index < -0.39 is 0 Å². The van der Waals surface area contributed by atoms with Gasteiger partial charge in [-0.2, -0.15) is 0 Å². The van der Waals surface area contributed by atoms with E-state index in [1.165, 1.54) is 0 Å². The number of oxazole rings is 1. The van der Waals surface area contributed by atoms with Crippen molar-refractivity contribution < 1.29 is 18.7 Å². The van der Waals surface area contributed by atoms with Crippen LogP contribution in [0.25, 0.3) is 22.6 Å². The van der Waals surface area contributed by atoms with Crippen LogP contribution in [0.1, 0.15) is 43.5 Å². The highest BCUT2D eigenvalue weighted by atomic mass is 16.5. The van der Waals surface area contributed by atoms with Gasteiger partial charge in [0.1, 0.15) is 5.52 Å². The number of likely N-dealkylation sites (tertiary alicyclic amines) is 1. The molecule has 0 radical (unpaired) electrons. The minimum Gasteiger partial charge on any atom is -0.436 e. The third kappa shape index (κ3) is 5.65. The molecule has 1 atom stereocenters. The van der Waals surface area contributed by atoms with Crippen molar-refractivity contribution in [1.82, 2.24) is 15.2 Å². The number of carbonyl (C=O) groups excluding carboxylic acids is 2. The van der Waals surface area contributed by atoms with Crippen LogP contribution in [0.15, 0.2) is 52.9 Å². The molecule has 2 heterocycles. The van der Waals surface area contributed by atoms with Gasteiger partial charge in [-0.15, -0.1) is 0 Å².